The van der Waals surface area contributed by atoms with Gasteiger partial charge in [-0.1, -0.05) is 12.1 Å². The molecule has 4 rings (SSSR count). The Hall–Kier alpha value is -2.96. The predicted octanol–water partition coefficient (Wildman–Crippen LogP) is 2.35. The molecule has 1 atom stereocenters. The monoisotopic (exact) mass is 337 g/mol. The first kappa shape index (κ1) is 15.6. The summed E-state index contributed by atoms with van der Waals surface area (Å²) in [6, 6.07) is 9.94. The minimum atomic E-state index is -0.258. The lowest BCUT2D eigenvalue weighted by atomic mass is 10.2. The molecule has 2 aromatic heterocycles. The highest BCUT2D eigenvalue weighted by molar-refractivity contribution is 5.76. The van der Waals surface area contributed by atoms with Crippen molar-refractivity contribution >= 4 is 23.0 Å². The van der Waals surface area contributed by atoms with Crippen LogP contribution in [0.1, 0.15) is 19.8 Å². The molecule has 3 heterocycles. The Bertz CT molecular complexity index is 907. The number of aromatic nitrogens is 4. The van der Waals surface area contributed by atoms with Crippen LogP contribution < -0.4 is 4.90 Å². The van der Waals surface area contributed by atoms with E-state index in [4.69, 9.17) is 9.72 Å². The minimum Gasteiger partial charge on any atom is -0.464 e. The van der Waals surface area contributed by atoms with Crippen LogP contribution in [0.4, 0.5) is 5.95 Å². The van der Waals surface area contributed by atoms with E-state index >= 15 is 0 Å². The fraction of sp³-hybridized carbons (Fsp3) is 0.333. The van der Waals surface area contributed by atoms with Gasteiger partial charge in [0.25, 0.3) is 0 Å². The van der Waals surface area contributed by atoms with Crippen LogP contribution in [0.15, 0.2) is 42.9 Å². The third kappa shape index (κ3) is 3.05. The number of ether oxygens (including phenoxy) is 1. The Kier molecular flexibility index (Phi) is 4.05. The number of fused-ring (bicyclic) bond motifs is 1. The normalized spacial score (nSPS) is 17.2. The smallest absolute Gasteiger partial charge is 0.302 e. The van der Waals surface area contributed by atoms with Crippen LogP contribution in [0.2, 0.25) is 0 Å². The SMILES string of the molecule is CC(=O)OCC1CCCN1c1nccc(-n2cnc3ccccc32)n1. The molecule has 1 aliphatic heterocycles. The standard InChI is InChI=1S/C18H19N5O2/c1-13(24)25-11-14-5-4-10-22(14)18-19-9-8-17(21-18)23-12-20-15-6-2-3-7-16(15)23/h2-3,6-9,12,14H,4-5,10-11H2,1H3. The van der Waals surface area contributed by atoms with Crippen molar-refractivity contribution in [3.05, 3.63) is 42.9 Å². The first-order chi connectivity index (χ1) is 12.2. The summed E-state index contributed by atoms with van der Waals surface area (Å²) >= 11 is 0. The molecule has 1 fully saturated rings. The average molecular weight is 337 g/mol. The van der Waals surface area contributed by atoms with E-state index in [9.17, 15) is 4.79 Å². The number of esters is 1. The molecule has 1 aromatic carbocycles. The molecular weight excluding hydrogens is 318 g/mol. The molecule has 1 aliphatic rings. The van der Waals surface area contributed by atoms with Gasteiger partial charge < -0.3 is 9.64 Å². The van der Waals surface area contributed by atoms with E-state index in [-0.39, 0.29) is 12.0 Å². The lowest BCUT2D eigenvalue weighted by Crippen LogP contribution is -2.35. The fourth-order valence-corrected chi connectivity index (χ4v) is 3.24. The van der Waals surface area contributed by atoms with Gasteiger partial charge in [0.05, 0.1) is 17.1 Å². The molecule has 0 N–H and O–H groups in total. The highest BCUT2D eigenvalue weighted by Gasteiger charge is 2.27. The summed E-state index contributed by atoms with van der Waals surface area (Å²) in [6.07, 6.45) is 5.53. The minimum absolute atomic E-state index is 0.124. The molecule has 1 unspecified atom stereocenters. The Balaban J connectivity index is 1.64. The second-order valence-electron chi connectivity index (χ2n) is 6.11. The number of imidazole rings is 1. The van der Waals surface area contributed by atoms with E-state index in [1.54, 1.807) is 12.5 Å². The van der Waals surface area contributed by atoms with Gasteiger partial charge in [0.1, 0.15) is 18.8 Å². The fourth-order valence-electron chi connectivity index (χ4n) is 3.24. The summed E-state index contributed by atoms with van der Waals surface area (Å²) in [5.74, 6) is 1.17. The van der Waals surface area contributed by atoms with Crippen LogP contribution in [0.3, 0.4) is 0 Å². The highest BCUT2D eigenvalue weighted by Crippen LogP contribution is 2.24. The first-order valence-electron chi connectivity index (χ1n) is 8.38. The Labute approximate surface area is 145 Å². The zero-order valence-corrected chi connectivity index (χ0v) is 14.0. The van der Waals surface area contributed by atoms with Gasteiger partial charge in [0.2, 0.25) is 5.95 Å². The van der Waals surface area contributed by atoms with E-state index in [1.165, 1.54) is 6.92 Å². The number of benzene rings is 1. The van der Waals surface area contributed by atoms with Gasteiger partial charge in [-0.2, -0.15) is 4.98 Å². The number of anilines is 1. The largest absolute Gasteiger partial charge is 0.464 e. The molecule has 0 amide bonds. The molecule has 3 aromatic rings. The van der Waals surface area contributed by atoms with Gasteiger partial charge in [-0.05, 0) is 31.0 Å². The van der Waals surface area contributed by atoms with Gasteiger partial charge in [0, 0.05) is 19.7 Å². The maximum atomic E-state index is 11.1. The van der Waals surface area contributed by atoms with E-state index in [1.807, 2.05) is 34.9 Å². The van der Waals surface area contributed by atoms with Gasteiger partial charge in [-0.15, -0.1) is 0 Å². The van der Waals surface area contributed by atoms with Gasteiger partial charge in [-0.25, -0.2) is 9.97 Å². The number of hydrogen-bond donors (Lipinski definition) is 0. The lowest BCUT2D eigenvalue weighted by Gasteiger charge is -2.24. The Morgan fingerprint density at radius 3 is 3.04 bits per heavy atom. The molecule has 0 spiro atoms. The van der Waals surface area contributed by atoms with Crippen LogP contribution in [-0.4, -0.2) is 44.7 Å². The number of rotatable bonds is 4. The molecule has 1 saturated heterocycles. The van der Waals surface area contributed by atoms with Gasteiger partial charge in [0.15, 0.2) is 0 Å². The third-order valence-corrected chi connectivity index (χ3v) is 4.44. The van der Waals surface area contributed by atoms with Crippen LogP contribution in [0.25, 0.3) is 16.9 Å². The molecule has 7 heteroatoms. The topological polar surface area (TPSA) is 73.1 Å². The van der Waals surface area contributed by atoms with E-state index in [2.05, 4.69) is 14.9 Å². The van der Waals surface area contributed by atoms with E-state index in [0.717, 1.165) is 36.2 Å². The zero-order chi connectivity index (χ0) is 17.2. The second kappa shape index (κ2) is 6.51. The third-order valence-electron chi connectivity index (χ3n) is 4.44. The lowest BCUT2D eigenvalue weighted by molar-refractivity contribution is -0.141. The summed E-state index contributed by atoms with van der Waals surface area (Å²) < 4.78 is 7.14. The van der Waals surface area contributed by atoms with Crippen molar-refractivity contribution in [2.45, 2.75) is 25.8 Å². The molecule has 25 heavy (non-hydrogen) atoms. The number of carbonyl (C=O) groups is 1. The first-order valence-corrected chi connectivity index (χ1v) is 8.38. The molecule has 128 valence electrons. The average Bonchev–Trinajstić information content (AvgIpc) is 3.27. The van der Waals surface area contributed by atoms with Crippen LogP contribution in [0.5, 0.6) is 0 Å². The van der Waals surface area contributed by atoms with Crippen molar-refractivity contribution in [1.82, 2.24) is 19.5 Å². The number of carbonyl (C=O) groups excluding carboxylic acids is 1. The Morgan fingerprint density at radius 2 is 2.16 bits per heavy atom. The molecule has 7 nitrogen and oxygen atoms in total. The molecule has 0 aliphatic carbocycles. The highest BCUT2D eigenvalue weighted by atomic mass is 16.5. The molecule has 0 saturated carbocycles. The molecular formula is C18H19N5O2. The van der Waals surface area contributed by atoms with Crippen molar-refractivity contribution in [3.8, 4) is 5.82 Å². The summed E-state index contributed by atoms with van der Waals surface area (Å²) in [7, 11) is 0. The summed E-state index contributed by atoms with van der Waals surface area (Å²) in [5.41, 5.74) is 1.93. The van der Waals surface area contributed by atoms with E-state index in [0.29, 0.717) is 12.6 Å². The summed E-state index contributed by atoms with van der Waals surface area (Å²) in [5, 5.41) is 0. The van der Waals surface area contributed by atoms with Crippen molar-refractivity contribution in [2.75, 3.05) is 18.1 Å². The van der Waals surface area contributed by atoms with E-state index < -0.39 is 0 Å². The van der Waals surface area contributed by atoms with Crippen LogP contribution in [0, 0.1) is 0 Å². The molecule has 0 bridgehead atoms. The van der Waals surface area contributed by atoms with Crippen LogP contribution >= 0.6 is 0 Å². The van der Waals surface area contributed by atoms with Crippen molar-refractivity contribution in [2.24, 2.45) is 0 Å². The predicted molar refractivity (Wildman–Crippen MR) is 93.7 cm³/mol. The maximum Gasteiger partial charge on any atom is 0.302 e. The maximum absolute atomic E-state index is 11.1. The van der Waals surface area contributed by atoms with Crippen molar-refractivity contribution in [3.63, 3.8) is 0 Å². The number of nitrogens with zero attached hydrogens (tertiary/aromatic N) is 5. The number of hydrogen-bond acceptors (Lipinski definition) is 6. The zero-order valence-electron chi connectivity index (χ0n) is 14.0. The van der Waals surface area contributed by atoms with Crippen LogP contribution in [-0.2, 0) is 9.53 Å². The Morgan fingerprint density at radius 1 is 1.28 bits per heavy atom. The second-order valence-corrected chi connectivity index (χ2v) is 6.11. The van der Waals surface area contributed by atoms with Gasteiger partial charge >= 0.3 is 5.97 Å². The van der Waals surface area contributed by atoms with Crippen molar-refractivity contribution < 1.29 is 9.53 Å². The quantitative estimate of drug-likeness (QED) is 0.681. The number of para-hydroxylation sites is 2. The van der Waals surface area contributed by atoms with Crippen molar-refractivity contribution in [1.29, 1.82) is 0 Å². The molecule has 0 radical (unpaired) electrons. The summed E-state index contributed by atoms with van der Waals surface area (Å²) in [6.45, 7) is 2.66. The van der Waals surface area contributed by atoms with Gasteiger partial charge in [-0.3, -0.25) is 9.36 Å². The summed E-state index contributed by atoms with van der Waals surface area (Å²) in [4.78, 5) is 26.8.